The van der Waals surface area contributed by atoms with Crippen molar-refractivity contribution in [1.82, 2.24) is 9.97 Å². The van der Waals surface area contributed by atoms with Gasteiger partial charge in [-0.1, -0.05) is 6.42 Å². The van der Waals surface area contributed by atoms with Crippen LogP contribution in [0.4, 0.5) is 0 Å². The molecule has 0 spiro atoms. The van der Waals surface area contributed by atoms with Gasteiger partial charge in [-0.05, 0) is 19.8 Å². The van der Waals surface area contributed by atoms with Gasteiger partial charge in [0.2, 0.25) is 5.88 Å². The first-order chi connectivity index (χ1) is 8.11. The maximum atomic E-state index is 10.9. The minimum absolute atomic E-state index is 0.0741. The van der Waals surface area contributed by atoms with E-state index in [9.17, 15) is 4.79 Å². The zero-order valence-corrected chi connectivity index (χ0v) is 10.1. The van der Waals surface area contributed by atoms with Crippen LogP contribution in [0.3, 0.4) is 0 Å². The first-order valence-corrected chi connectivity index (χ1v) is 5.75. The Hall–Kier alpha value is -1.65. The van der Waals surface area contributed by atoms with Gasteiger partial charge in [0.15, 0.2) is 0 Å². The van der Waals surface area contributed by atoms with Crippen molar-refractivity contribution < 1.29 is 14.6 Å². The number of carboxylic acids is 1. The maximum absolute atomic E-state index is 10.9. The van der Waals surface area contributed by atoms with E-state index in [0.717, 1.165) is 18.5 Å². The third-order valence-corrected chi connectivity index (χ3v) is 3.13. The topological polar surface area (TPSA) is 72.3 Å². The Morgan fingerprint density at radius 3 is 2.65 bits per heavy atom. The Bertz CT molecular complexity index is 442. The first kappa shape index (κ1) is 11.8. The fraction of sp³-hybridized carbons (Fsp3) is 0.583. The van der Waals surface area contributed by atoms with E-state index in [2.05, 4.69) is 9.97 Å². The number of aliphatic carboxylic acids is 1. The molecule has 1 fully saturated rings. The smallest absolute Gasteiger partial charge is 0.308 e. The molecule has 0 atom stereocenters. The van der Waals surface area contributed by atoms with E-state index >= 15 is 0 Å². The molecule has 0 bridgehead atoms. The fourth-order valence-electron chi connectivity index (χ4n) is 2.10. The van der Waals surface area contributed by atoms with Crippen LogP contribution in [-0.4, -0.2) is 28.2 Å². The number of rotatable bonds is 4. The standard InChI is InChI=1S/C12H16N2O3/c1-7-13-11(8-4-3-5-8)9(6-10(15)16)12(14-7)17-2/h8H,3-6H2,1-2H3,(H,15,16). The molecule has 92 valence electrons. The summed E-state index contributed by atoms with van der Waals surface area (Å²) in [6, 6.07) is 0. The number of nitrogens with zero attached hydrogens (tertiary/aromatic N) is 2. The van der Waals surface area contributed by atoms with Crippen molar-refractivity contribution >= 4 is 5.97 Å². The number of aromatic nitrogens is 2. The fourth-order valence-corrected chi connectivity index (χ4v) is 2.10. The lowest BCUT2D eigenvalue weighted by Crippen LogP contribution is -2.17. The highest BCUT2D eigenvalue weighted by Gasteiger charge is 2.27. The molecule has 17 heavy (non-hydrogen) atoms. The number of carboxylic acid groups (broad SMARTS) is 1. The van der Waals surface area contributed by atoms with E-state index in [1.807, 2.05) is 0 Å². The van der Waals surface area contributed by atoms with Crippen LogP contribution in [0.25, 0.3) is 0 Å². The number of methoxy groups -OCH3 is 1. The van der Waals surface area contributed by atoms with Crippen molar-refractivity contribution in [2.45, 2.75) is 38.5 Å². The van der Waals surface area contributed by atoms with Gasteiger partial charge in [-0.2, -0.15) is 4.98 Å². The molecule has 5 nitrogen and oxygen atoms in total. The zero-order valence-electron chi connectivity index (χ0n) is 10.1. The van der Waals surface area contributed by atoms with Crippen molar-refractivity contribution in [3.8, 4) is 5.88 Å². The SMILES string of the molecule is COc1nc(C)nc(C2CCC2)c1CC(=O)O. The Morgan fingerprint density at radius 1 is 1.47 bits per heavy atom. The van der Waals surface area contributed by atoms with Gasteiger partial charge in [-0.15, -0.1) is 0 Å². The molecular weight excluding hydrogens is 220 g/mol. The van der Waals surface area contributed by atoms with E-state index < -0.39 is 5.97 Å². The second-order valence-electron chi connectivity index (χ2n) is 4.34. The summed E-state index contributed by atoms with van der Waals surface area (Å²) >= 11 is 0. The molecule has 0 radical (unpaired) electrons. The van der Waals surface area contributed by atoms with Crippen LogP contribution in [-0.2, 0) is 11.2 Å². The molecule has 0 amide bonds. The predicted octanol–water partition coefficient (Wildman–Crippen LogP) is 1.69. The molecule has 0 unspecified atom stereocenters. The van der Waals surface area contributed by atoms with E-state index in [4.69, 9.17) is 9.84 Å². The molecule has 0 aromatic carbocycles. The summed E-state index contributed by atoms with van der Waals surface area (Å²) in [5.41, 5.74) is 1.50. The maximum Gasteiger partial charge on any atom is 0.308 e. The molecule has 0 saturated heterocycles. The van der Waals surface area contributed by atoms with Crippen molar-refractivity contribution in [3.05, 3.63) is 17.1 Å². The summed E-state index contributed by atoms with van der Waals surface area (Å²) in [6.07, 6.45) is 3.26. The average Bonchev–Trinajstić information content (AvgIpc) is 2.18. The largest absolute Gasteiger partial charge is 0.481 e. The van der Waals surface area contributed by atoms with E-state index in [0.29, 0.717) is 23.2 Å². The Balaban J connectivity index is 2.45. The molecule has 2 rings (SSSR count). The second kappa shape index (κ2) is 4.69. The number of aryl methyl sites for hydroxylation is 1. The van der Waals surface area contributed by atoms with Crippen molar-refractivity contribution in [2.24, 2.45) is 0 Å². The van der Waals surface area contributed by atoms with Crippen LogP contribution in [0.5, 0.6) is 5.88 Å². The number of ether oxygens (including phenoxy) is 1. The van der Waals surface area contributed by atoms with E-state index in [1.165, 1.54) is 13.5 Å². The van der Waals surface area contributed by atoms with Crippen molar-refractivity contribution in [3.63, 3.8) is 0 Å². The minimum Gasteiger partial charge on any atom is -0.481 e. The van der Waals surface area contributed by atoms with Gasteiger partial charge in [0.25, 0.3) is 0 Å². The zero-order chi connectivity index (χ0) is 12.4. The van der Waals surface area contributed by atoms with Crippen LogP contribution >= 0.6 is 0 Å². The lowest BCUT2D eigenvalue weighted by atomic mass is 9.80. The summed E-state index contributed by atoms with van der Waals surface area (Å²) in [6.45, 7) is 1.80. The number of hydrogen-bond acceptors (Lipinski definition) is 4. The van der Waals surface area contributed by atoms with Gasteiger partial charge >= 0.3 is 5.97 Å². The lowest BCUT2D eigenvalue weighted by Gasteiger charge is -2.27. The van der Waals surface area contributed by atoms with Crippen LogP contribution in [0.1, 0.15) is 42.3 Å². The summed E-state index contributed by atoms with van der Waals surface area (Å²) in [5.74, 6) is 0.538. The molecular formula is C12H16N2O3. The Morgan fingerprint density at radius 2 is 2.18 bits per heavy atom. The molecule has 0 aliphatic heterocycles. The highest BCUT2D eigenvalue weighted by molar-refractivity contribution is 5.71. The van der Waals surface area contributed by atoms with E-state index in [1.54, 1.807) is 6.92 Å². The van der Waals surface area contributed by atoms with Gasteiger partial charge in [-0.25, -0.2) is 4.98 Å². The molecule has 1 aliphatic rings. The van der Waals surface area contributed by atoms with Crippen LogP contribution < -0.4 is 4.74 Å². The molecule has 1 N–H and O–H groups in total. The molecule has 1 saturated carbocycles. The van der Waals surface area contributed by atoms with Crippen molar-refractivity contribution in [1.29, 1.82) is 0 Å². The number of carbonyl (C=O) groups is 1. The average molecular weight is 236 g/mol. The van der Waals surface area contributed by atoms with Gasteiger partial charge in [0, 0.05) is 11.5 Å². The predicted molar refractivity (Wildman–Crippen MR) is 61.3 cm³/mol. The van der Waals surface area contributed by atoms with Crippen LogP contribution in [0.15, 0.2) is 0 Å². The van der Waals surface area contributed by atoms with Gasteiger partial charge in [0.1, 0.15) is 5.82 Å². The van der Waals surface area contributed by atoms with Gasteiger partial charge < -0.3 is 9.84 Å². The summed E-state index contributed by atoms with van der Waals surface area (Å²) < 4.78 is 5.17. The molecule has 1 heterocycles. The second-order valence-corrected chi connectivity index (χ2v) is 4.34. The van der Waals surface area contributed by atoms with Crippen molar-refractivity contribution in [2.75, 3.05) is 7.11 Å². The van der Waals surface area contributed by atoms with Gasteiger partial charge in [0.05, 0.1) is 19.2 Å². The minimum atomic E-state index is -0.878. The quantitative estimate of drug-likeness (QED) is 0.861. The highest BCUT2D eigenvalue weighted by Crippen LogP contribution is 2.38. The lowest BCUT2D eigenvalue weighted by molar-refractivity contribution is -0.136. The van der Waals surface area contributed by atoms with E-state index in [-0.39, 0.29) is 6.42 Å². The number of hydrogen-bond donors (Lipinski definition) is 1. The molecule has 1 aliphatic carbocycles. The van der Waals surface area contributed by atoms with Crippen LogP contribution in [0, 0.1) is 6.92 Å². The summed E-state index contributed by atoms with van der Waals surface area (Å²) in [7, 11) is 1.51. The van der Waals surface area contributed by atoms with Gasteiger partial charge in [-0.3, -0.25) is 4.79 Å². The first-order valence-electron chi connectivity index (χ1n) is 5.75. The summed E-state index contributed by atoms with van der Waals surface area (Å²) in [5, 5.41) is 8.94. The van der Waals surface area contributed by atoms with Crippen LogP contribution in [0.2, 0.25) is 0 Å². The highest BCUT2D eigenvalue weighted by atomic mass is 16.5. The Labute approximate surface area is 99.9 Å². The molecule has 1 aromatic heterocycles. The third-order valence-electron chi connectivity index (χ3n) is 3.13. The monoisotopic (exact) mass is 236 g/mol. The third kappa shape index (κ3) is 2.38. The Kier molecular flexibility index (Phi) is 3.26. The molecule has 1 aromatic rings. The normalized spacial score (nSPS) is 15.4. The summed E-state index contributed by atoms with van der Waals surface area (Å²) in [4.78, 5) is 19.4. The molecule has 5 heteroatoms.